The van der Waals surface area contributed by atoms with E-state index in [-0.39, 0.29) is 29.4 Å². The van der Waals surface area contributed by atoms with E-state index in [1.165, 1.54) is 43.2 Å². The zero-order chi connectivity index (χ0) is 15.9. The fourth-order valence-electron chi connectivity index (χ4n) is 4.14. The smallest absolute Gasteiger partial charge is 0.193 e. The molecule has 1 aromatic carbocycles. The molecule has 2 atom stereocenters. The summed E-state index contributed by atoms with van der Waals surface area (Å²) in [7, 11) is 0. The molecule has 1 heterocycles. The maximum absolute atomic E-state index is 6.12. The fourth-order valence-corrected chi connectivity index (χ4v) is 4.14. The number of guanidine groups is 1. The molecule has 1 aliphatic heterocycles. The van der Waals surface area contributed by atoms with Crippen LogP contribution in [0.3, 0.4) is 0 Å². The van der Waals surface area contributed by atoms with Gasteiger partial charge in [-0.3, -0.25) is 4.99 Å². The van der Waals surface area contributed by atoms with Crippen LogP contribution in [0.15, 0.2) is 23.2 Å². The minimum Gasteiger partial charge on any atom is -0.377 e. The molecule has 0 amide bonds. The number of ether oxygens (including phenoxy) is 1. The first kappa shape index (κ1) is 18.0. The van der Waals surface area contributed by atoms with Crippen LogP contribution >= 0.6 is 24.0 Å². The summed E-state index contributed by atoms with van der Waals surface area (Å²) in [6.07, 6.45) is 7.74. The normalized spacial score (nSPS) is 29.2. The lowest BCUT2D eigenvalue weighted by atomic mass is 9.81. The number of nitrogens with one attached hydrogen (secondary N) is 1. The van der Waals surface area contributed by atoms with Crippen LogP contribution in [0, 0.1) is 11.3 Å². The first-order chi connectivity index (χ1) is 11.1. The number of hydrogen-bond acceptors (Lipinski definition) is 2. The molecule has 4 nitrogen and oxygen atoms in total. The van der Waals surface area contributed by atoms with E-state index in [1.54, 1.807) is 0 Å². The number of nitrogens with zero attached hydrogens (tertiary/aromatic N) is 1. The van der Waals surface area contributed by atoms with Crippen LogP contribution in [0.25, 0.3) is 0 Å². The van der Waals surface area contributed by atoms with Gasteiger partial charge in [-0.1, -0.05) is 13.0 Å². The van der Waals surface area contributed by atoms with Crippen molar-refractivity contribution in [1.29, 1.82) is 0 Å². The topological polar surface area (TPSA) is 59.6 Å². The number of hydrogen-bond donors (Lipinski definition) is 2. The molecular weight excluding hydrogens is 413 g/mol. The second-order valence-electron chi connectivity index (χ2n) is 7.70. The molecule has 0 bridgehead atoms. The standard InChI is InChI=1S/C19H27N3O.HI/c1-19(9-10-23-17(19)14-5-6-14)12-21-18(20)22-16-8-7-13-3-2-4-15(13)11-16;/h7-8,11,14,17H,2-6,9-10,12H2,1H3,(H3,20,21,22);1H. The summed E-state index contributed by atoms with van der Waals surface area (Å²) < 4.78 is 5.96. The first-order valence-corrected chi connectivity index (χ1v) is 8.94. The van der Waals surface area contributed by atoms with E-state index in [0.29, 0.717) is 12.1 Å². The quantitative estimate of drug-likeness (QED) is 0.426. The second kappa shape index (κ2) is 7.20. The summed E-state index contributed by atoms with van der Waals surface area (Å²) in [4.78, 5) is 4.63. The summed E-state index contributed by atoms with van der Waals surface area (Å²) in [5.41, 5.74) is 10.3. The Bertz CT molecular complexity index is 629. The number of halogens is 1. The third kappa shape index (κ3) is 3.72. The third-order valence-corrected chi connectivity index (χ3v) is 5.69. The summed E-state index contributed by atoms with van der Waals surface area (Å²) in [6, 6.07) is 6.55. The highest BCUT2D eigenvalue weighted by atomic mass is 127. The maximum Gasteiger partial charge on any atom is 0.193 e. The van der Waals surface area contributed by atoms with Gasteiger partial charge in [0.25, 0.3) is 0 Å². The molecule has 2 fully saturated rings. The van der Waals surface area contributed by atoms with E-state index in [4.69, 9.17) is 10.5 Å². The zero-order valence-electron chi connectivity index (χ0n) is 14.4. The molecule has 0 radical (unpaired) electrons. The van der Waals surface area contributed by atoms with E-state index in [2.05, 4.69) is 35.4 Å². The van der Waals surface area contributed by atoms with Gasteiger partial charge in [-0.15, -0.1) is 24.0 Å². The molecule has 2 aliphatic carbocycles. The van der Waals surface area contributed by atoms with Crippen LogP contribution in [-0.2, 0) is 17.6 Å². The summed E-state index contributed by atoms with van der Waals surface area (Å²) in [6.45, 7) is 3.92. The Labute approximate surface area is 161 Å². The number of aryl methyl sites for hydroxylation is 2. The lowest BCUT2D eigenvalue weighted by Gasteiger charge is -2.28. The van der Waals surface area contributed by atoms with Crippen molar-refractivity contribution < 1.29 is 4.74 Å². The molecule has 1 aromatic rings. The van der Waals surface area contributed by atoms with Crippen molar-refractivity contribution in [3.63, 3.8) is 0 Å². The Kier molecular flexibility index (Phi) is 5.39. The summed E-state index contributed by atoms with van der Waals surface area (Å²) in [5.74, 6) is 1.27. The van der Waals surface area contributed by atoms with Crippen molar-refractivity contribution in [2.75, 3.05) is 18.5 Å². The van der Waals surface area contributed by atoms with E-state index in [0.717, 1.165) is 31.2 Å². The van der Waals surface area contributed by atoms with Gasteiger partial charge < -0.3 is 15.8 Å². The van der Waals surface area contributed by atoms with Gasteiger partial charge in [-0.05, 0) is 67.7 Å². The summed E-state index contributed by atoms with van der Waals surface area (Å²) in [5, 5.41) is 3.26. The Hall–Kier alpha value is -0.820. The molecular formula is C19H28IN3O. The highest BCUT2D eigenvalue weighted by molar-refractivity contribution is 14.0. The van der Waals surface area contributed by atoms with Crippen molar-refractivity contribution in [2.45, 2.75) is 51.6 Å². The minimum atomic E-state index is 0. The Morgan fingerprint density at radius 3 is 2.92 bits per heavy atom. The van der Waals surface area contributed by atoms with E-state index < -0.39 is 0 Å². The Balaban J connectivity index is 0.00000169. The van der Waals surface area contributed by atoms with Crippen molar-refractivity contribution >= 4 is 35.6 Å². The van der Waals surface area contributed by atoms with Gasteiger partial charge in [0, 0.05) is 17.7 Å². The highest BCUT2D eigenvalue weighted by Gasteiger charge is 2.47. The number of benzene rings is 1. The van der Waals surface area contributed by atoms with E-state index in [9.17, 15) is 0 Å². The van der Waals surface area contributed by atoms with Crippen molar-refractivity contribution in [1.82, 2.24) is 0 Å². The highest BCUT2D eigenvalue weighted by Crippen LogP contribution is 2.47. The zero-order valence-corrected chi connectivity index (χ0v) is 16.7. The van der Waals surface area contributed by atoms with Gasteiger partial charge >= 0.3 is 0 Å². The van der Waals surface area contributed by atoms with E-state index >= 15 is 0 Å². The lowest BCUT2D eigenvalue weighted by molar-refractivity contribution is 0.0425. The van der Waals surface area contributed by atoms with Crippen LogP contribution in [-0.4, -0.2) is 25.2 Å². The van der Waals surface area contributed by atoms with Crippen LogP contribution < -0.4 is 11.1 Å². The number of nitrogens with two attached hydrogens (primary N) is 1. The second-order valence-corrected chi connectivity index (χ2v) is 7.70. The number of fused-ring (bicyclic) bond motifs is 1. The molecule has 3 aliphatic rings. The molecule has 0 spiro atoms. The largest absolute Gasteiger partial charge is 0.377 e. The van der Waals surface area contributed by atoms with Crippen molar-refractivity contribution in [2.24, 2.45) is 22.1 Å². The first-order valence-electron chi connectivity index (χ1n) is 8.94. The van der Waals surface area contributed by atoms with E-state index in [1.807, 2.05) is 0 Å². The van der Waals surface area contributed by atoms with Gasteiger partial charge in [0.1, 0.15) is 0 Å². The number of rotatable bonds is 4. The number of anilines is 1. The predicted octanol–water partition coefficient (Wildman–Crippen LogP) is 3.73. The van der Waals surface area contributed by atoms with Crippen LogP contribution in [0.5, 0.6) is 0 Å². The molecule has 1 saturated heterocycles. The monoisotopic (exact) mass is 441 g/mol. The van der Waals surface area contributed by atoms with Gasteiger partial charge in [-0.2, -0.15) is 0 Å². The Morgan fingerprint density at radius 1 is 1.33 bits per heavy atom. The van der Waals surface area contributed by atoms with Crippen molar-refractivity contribution in [3.05, 3.63) is 29.3 Å². The summed E-state index contributed by atoms with van der Waals surface area (Å²) >= 11 is 0. The van der Waals surface area contributed by atoms with Gasteiger partial charge in [0.2, 0.25) is 0 Å². The molecule has 132 valence electrons. The molecule has 1 saturated carbocycles. The van der Waals surface area contributed by atoms with Crippen molar-refractivity contribution in [3.8, 4) is 0 Å². The number of aliphatic imine (C=N–C) groups is 1. The fraction of sp³-hybridized carbons (Fsp3) is 0.632. The molecule has 0 aromatic heterocycles. The molecule has 5 heteroatoms. The van der Waals surface area contributed by atoms with Crippen LogP contribution in [0.1, 0.15) is 43.7 Å². The molecule has 3 N–H and O–H groups in total. The predicted molar refractivity (Wildman–Crippen MR) is 109 cm³/mol. The molecule has 4 rings (SSSR count). The van der Waals surface area contributed by atoms with Gasteiger partial charge in [-0.25, -0.2) is 0 Å². The molecule has 24 heavy (non-hydrogen) atoms. The van der Waals surface area contributed by atoms with Gasteiger partial charge in [0.05, 0.1) is 12.6 Å². The average molecular weight is 441 g/mol. The third-order valence-electron chi connectivity index (χ3n) is 5.69. The minimum absolute atomic E-state index is 0. The molecule has 2 unspecified atom stereocenters. The maximum atomic E-state index is 6.12. The van der Waals surface area contributed by atoms with Crippen LogP contribution in [0.4, 0.5) is 5.69 Å². The average Bonchev–Trinajstić information content (AvgIpc) is 3.13. The Morgan fingerprint density at radius 2 is 2.12 bits per heavy atom. The lowest BCUT2D eigenvalue weighted by Crippen LogP contribution is -2.34. The SMILES string of the molecule is CC1(CN=C(N)Nc2ccc3c(c2)CCC3)CCOC1C1CC1.I. The van der Waals surface area contributed by atoms with Gasteiger partial charge in [0.15, 0.2) is 5.96 Å². The van der Waals surface area contributed by atoms with Crippen LogP contribution in [0.2, 0.25) is 0 Å².